The van der Waals surface area contributed by atoms with Crippen molar-refractivity contribution in [2.75, 3.05) is 37.7 Å². The van der Waals surface area contributed by atoms with E-state index in [2.05, 4.69) is 27.6 Å². The lowest BCUT2D eigenvalue weighted by Crippen LogP contribution is -2.51. The number of hydrogen-bond donors (Lipinski definition) is 2. The van der Waals surface area contributed by atoms with E-state index in [1.165, 1.54) is 5.57 Å². The second kappa shape index (κ2) is 9.94. The zero-order valence-electron chi connectivity index (χ0n) is 24.1. The number of nitrogens with zero attached hydrogens (tertiary/aromatic N) is 4. The molecule has 3 aromatic carbocycles. The number of hydrogen-bond acceptors (Lipinski definition) is 7. The van der Waals surface area contributed by atoms with Gasteiger partial charge in [0.05, 0.1) is 5.54 Å². The molecule has 3 unspecified atom stereocenters. The van der Waals surface area contributed by atoms with Crippen molar-refractivity contribution in [3.8, 4) is 35.2 Å². The van der Waals surface area contributed by atoms with Crippen molar-refractivity contribution in [2.24, 2.45) is 0 Å². The molecule has 0 radical (unpaired) electrons. The monoisotopic (exact) mass is 575 g/mol. The van der Waals surface area contributed by atoms with Gasteiger partial charge in [-0.25, -0.2) is 4.39 Å². The minimum absolute atomic E-state index is 0.0402. The first-order valence-corrected chi connectivity index (χ1v) is 15.2. The summed E-state index contributed by atoms with van der Waals surface area (Å²) < 4.78 is 23.2. The van der Waals surface area contributed by atoms with Gasteiger partial charge in [-0.05, 0) is 73.9 Å². The number of terminal acetylenes is 1. The molecule has 8 heteroatoms. The second-order valence-corrected chi connectivity index (χ2v) is 12.7. The molecule has 3 atom stereocenters. The van der Waals surface area contributed by atoms with Crippen molar-refractivity contribution < 1.29 is 14.2 Å². The Labute approximate surface area is 250 Å². The van der Waals surface area contributed by atoms with Gasteiger partial charge in [-0.15, -0.1) is 6.42 Å². The van der Waals surface area contributed by atoms with Gasteiger partial charge in [0, 0.05) is 53.6 Å². The summed E-state index contributed by atoms with van der Waals surface area (Å²) in [6.07, 6.45) is 11.1. The van der Waals surface area contributed by atoms with E-state index in [9.17, 15) is 5.11 Å². The van der Waals surface area contributed by atoms with Crippen LogP contribution in [0.5, 0.6) is 11.8 Å². The Morgan fingerprint density at radius 2 is 1.98 bits per heavy atom. The van der Waals surface area contributed by atoms with Gasteiger partial charge >= 0.3 is 6.01 Å². The molecule has 0 saturated carbocycles. The molecule has 218 valence electrons. The van der Waals surface area contributed by atoms with Crippen LogP contribution in [0.15, 0.2) is 54.6 Å². The first-order valence-electron chi connectivity index (χ1n) is 15.2. The average Bonchev–Trinajstić information content (AvgIpc) is 3.65. The molecule has 4 aliphatic heterocycles. The highest BCUT2D eigenvalue weighted by Crippen LogP contribution is 2.42. The maximum Gasteiger partial charge on any atom is 0.319 e. The molecule has 4 saturated heterocycles. The summed E-state index contributed by atoms with van der Waals surface area (Å²) in [5, 5.41) is 16.4. The van der Waals surface area contributed by atoms with Gasteiger partial charge in [0.1, 0.15) is 23.7 Å². The number of rotatable bonds is 5. The predicted octanol–water partition coefficient (Wildman–Crippen LogP) is 5.39. The van der Waals surface area contributed by atoms with Gasteiger partial charge in [-0.1, -0.05) is 36.3 Å². The molecule has 5 heterocycles. The van der Waals surface area contributed by atoms with Crippen LogP contribution in [0.1, 0.15) is 37.7 Å². The number of ether oxygens (including phenoxy) is 1. The van der Waals surface area contributed by atoms with E-state index in [1.807, 2.05) is 24.3 Å². The van der Waals surface area contributed by atoms with E-state index in [-0.39, 0.29) is 22.8 Å². The van der Waals surface area contributed by atoms with Crippen molar-refractivity contribution in [3.05, 3.63) is 66.0 Å². The van der Waals surface area contributed by atoms with Gasteiger partial charge in [0.25, 0.3) is 0 Å². The SMILES string of the molecule is C#Cc1cccc2cc(O)cc(-c3ccc4c(N5CC6CCC(C5)N6)nc(OCC56CCCN5CC(=C)C6)nc4c3F)c12. The fourth-order valence-electron chi connectivity index (χ4n) is 8.00. The van der Waals surface area contributed by atoms with Gasteiger partial charge in [-0.3, -0.25) is 4.90 Å². The molecule has 4 aromatic rings. The zero-order chi connectivity index (χ0) is 29.3. The van der Waals surface area contributed by atoms with Gasteiger partial charge < -0.3 is 20.1 Å². The maximum atomic E-state index is 16.8. The van der Waals surface area contributed by atoms with E-state index >= 15 is 4.39 Å². The Balaban J connectivity index is 1.27. The Morgan fingerprint density at radius 1 is 1.14 bits per heavy atom. The standard InChI is InChI=1S/C35H34FN5O2/c1-3-22-6-4-7-23-14-26(42)15-29(30(22)23)27-10-11-28-32(31(27)36)38-34(39-33(28)40-18-24-8-9-25(19-40)37-24)43-20-35-12-5-13-41(35)17-21(2)16-35/h1,4,6-7,10-11,14-15,24-25,37,42H,2,5,8-9,12-13,16-20H2. The fraction of sp³-hybridized carbons (Fsp3) is 0.371. The van der Waals surface area contributed by atoms with Crippen LogP contribution >= 0.6 is 0 Å². The normalized spacial score (nSPS) is 25.0. The quantitative estimate of drug-likeness (QED) is 0.244. The van der Waals surface area contributed by atoms with Crippen molar-refractivity contribution >= 4 is 27.5 Å². The Morgan fingerprint density at radius 3 is 2.79 bits per heavy atom. The lowest BCUT2D eigenvalue weighted by molar-refractivity contribution is 0.108. The van der Waals surface area contributed by atoms with Crippen LogP contribution in [0.3, 0.4) is 0 Å². The number of phenols is 1. The van der Waals surface area contributed by atoms with Crippen molar-refractivity contribution in [1.82, 2.24) is 20.2 Å². The van der Waals surface area contributed by atoms with Crippen LogP contribution < -0.4 is 15.0 Å². The van der Waals surface area contributed by atoms with Crippen LogP contribution in [0.4, 0.5) is 10.2 Å². The maximum absolute atomic E-state index is 16.8. The van der Waals surface area contributed by atoms with Crippen molar-refractivity contribution in [3.63, 3.8) is 0 Å². The van der Waals surface area contributed by atoms with Crippen LogP contribution in [0.2, 0.25) is 0 Å². The highest BCUT2D eigenvalue weighted by molar-refractivity contribution is 6.04. The molecule has 0 spiro atoms. The first kappa shape index (κ1) is 26.4. The van der Waals surface area contributed by atoms with Gasteiger partial charge in [-0.2, -0.15) is 9.97 Å². The number of phenolic OH excluding ortho intramolecular Hbond substituents is 1. The molecule has 1 aromatic heterocycles. The van der Waals surface area contributed by atoms with E-state index in [0.717, 1.165) is 63.7 Å². The lowest BCUT2D eigenvalue weighted by Gasteiger charge is -2.34. The number of anilines is 1. The summed E-state index contributed by atoms with van der Waals surface area (Å²) >= 11 is 0. The highest BCUT2D eigenvalue weighted by Gasteiger charge is 2.46. The summed E-state index contributed by atoms with van der Waals surface area (Å²) in [4.78, 5) is 14.4. The molecular weight excluding hydrogens is 541 g/mol. The van der Waals surface area contributed by atoms with Crippen LogP contribution in [-0.2, 0) is 0 Å². The Kier molecular flexibility index (Phi) is 6.11. The fourth-order valence-corrected chi connectivity index (χ4v) is 8.00. The van der Waals surface area contributed by atoms with Crippen molar-refractivity contribution in [1.29, 1.82) is 0 Å². The number of halogens is 1. The summed E-state index contributed by atoms with van der Waals surface area (Å²) in [5.74, 6) is 2.97. The highest BCUT2D eigenvalue weighted by atomic mass is 19.1. The Hall–Kier alpha value is -4.19. The smallest absolute Gasteiger partial charge is 0.319 e. The molecule has 2 N–H and O–H groups in total. The number of fused-ring (bicyclic) bond motifs is 5. The minimum Gasteiger partial charge on any atom is -0.508 e. The summed E-state index contributed by atoms with van der Waals surface area (Å²) in [5.41, 5.74) is 2.80. The van der Waals surface area contributed by atoms with Crippen LogP contribution in [-0.4, -0.2) is 70.4 Å². The molecule has 0 amide bonds. The molecule has 2 bridgehead atoms. The molecule has 4 fully saturated rings. The number of aromatic hydroxyl groups is 1. The summed E-state index contributed by atoms with van der Waals surface area (Å²) in [6.45, 7) is 8.20. The van der Waals surface area contributed by atoms with E-state index < -0.39 is 5.82 Å². The Bertz CT molecular complexity index is 1840. The third-order valence-electron chi connectivity index (χ3n) is 9.89. The van der Waals surface area contributed by atoms with Crippen LogP contribution in [0, 0.1) is 18.2 Å². The number of aromatic nitrogens is 2. The number of piperazine rings is 1. The predicted molar refractivity (Wildman–Crippen MR) is 167 cm³/mol. The molecule has 0 aliphatic carbocycles. The zero-order valence-corrected chi connectivity index (χ0v) is 24.1. The third-order valence-corrected chi connectivity index (χ3v) is 9.89. The summed E-state index contributed by atoms with van der Waals surface area (Å²) in [6, 6.07) is 13.4. The minimum atomic E-state index is -0.488. The molecule has 4 aliphatic rings. The summed E-state index contributed by atoms with van der Waals surface area (Å²) in [7, 11) is 0. The molecular formula is C35H34FN5O2. The largest absolute Gasteiger partial charge is 0.508 e. The average molecular weight is 576 g/mol. The first-order chi connectivity index (χ1) is 20.9. The molecule has 7 nitrogen and oxygen atoms in total. The number of benzene rings is 3. The topological polar surface area (TPSA) is 73.8 Å². The van der Waals surface area contributed by atoms with E-state index in [4.69, 9.17) is 21.1 Å². The number of nitrogens with one attached hydrogen (secondary N) is 1. The molecule has 43 heavy (non-hydrogen) atoms. The molecule has 8 rings (SSSR count). The third kappa shape index (κ3) is 4.33. The van der Waals surface area contributed by atoms with E-state index in [0.29, 0.717) is 52.0 Å². The van der Waals surface area contributed by atoms with Crippen LogP contribution in [0.25, 0.3) is 32.8 Å². The van der Waals surface area contributed by atoms with E-state index in [1.54, 1.807) is 18.2 Å². The van der Waals surface area contributed by atoms with Gasteiger partial charge in [0.15, 0.2) is 5.82 Å². The van der Waals surface area contributed by atoms with Gasteiger partial charge in [0.2, 0.25) is 0 Å². The lowest BCUT2D eigenvalue weighted by atomic mass is 9.93. The van der Waals surface area contributed by atoms with Crippen molar-refractivity contribution in [2.45, 2.75) is 49.7 Å². The second-order valence-electron chi connectivity index (χ2n) is 12.7.